The molecule has 124 valence electrons. The quantitative estimate of drug-likeness (QED) is 0.689. The number of hydrogen-bond acceptors (Lipinski definition) is 6. The van der Waals surface area contributed by atoms with Crippen LogP contribution in [0.2, 0.25) is 0 Å². The fourth-order valence-corrected chi connectivity index (χ4v) is 2.24. The highest BCUT2D eigenvalue weighted by Crippen LogP contribution is 2.36. The summed E-state index contributed by atoms with van der Waals surface area (Å²) in [5.41, 5.74) is 2.05. The Morgan fingerprint density at radius 1 is 0.917 bits per heavy atom. The summed E-state index contributed by atoms with van der Waals surface area (Å²) in [7, 11) is 3.14. The predicted octanol–water partition coefficient (Wildman–Crippen LogP) is 3.64. The second-order valence-corrected chi connectivity index (χ2v) is 5.15. The van der Waals surface area contributed by atoms with Gasteiger partial charge in [-0.25, -0.2) is 0 Å². The van der Waals surface area contributed by atoms with E-state index in [2.05, 4.69) is 10.2 Å². The molecule has 0 unspecified atom stereocenters. The van der Waals surface area contributed by atoms with Crippen LogP contribution >= 0.6 is 0 Å². The Balaban J connectivity index is 1.73. The first-order valence-electron chi connectivity index (χ1n) is 7.44. The first-order chi connectivity index (χ1) is 11.7. The van der Waals surface area contributed by atoms with Gasteiger partial charge in [-0.3, -0.25) is 0 Å². The molecule has 3 rings (SSSR count). The van der Waals surface area contributed by atoms with Crippen molar-refractivity contribution in [2.24, 2.45) is 0 Å². The van der Waals surface area contributed by atoms with Crippen LogP contribution in [-0.4, -0.2) is 24.4 Å². The molecule has 6 nitrogen and oxygen atoms in total. The molecule has 24 heavy (non-hydrogen) atoms. The molecule has 0 saturated heterocycles. The lowest BCUT2D eigenvalue weighted by atomic mass is 10.1. The second kappa shape index (κ2) is 7.04. The van der Waals surface area contributed by atoms with Gasteiger partial charge < -0.3 is 18.6 Å². The van der Waals surface area contributed by atoms with Crippen LogP contribution < -0.4 is 14.2 Å². The van der Waals surface area contributed by atoms with E-state index in [0.717, 1.165) is 5.56 Å². The number of para-hydroxylation sites is 1. The average molecular weight is 326 g/mol. The third-order valence-electron chi connectivity index (χ3n) is 3.48. The summed E-state index contributed by atoms with van der Waals surface area (Å²) in [5, 5.41) is 8.07. The Kier molecular flexibility index (Phi) is 4.65. The summed E-state index contributed by atoms with van der Waals surface area (Å²) >= 11 is 0. The van der Waals surface area contributed by atoms with Crippen LogP contribution in [0.3, 0.4) is 0 Å². The maximum atomic E-state index is 5.72. The molecular formula is C18H18N2O4. The smallest absolute Gasteiger partial charge is 0.254 e. The Hall–Kier alpha value is -3.02. The molecule has 0 N–H and O–H groups in total. The van der Waals surface area contributed by atoms with Crippen molar-refractivity contribution >= 4 is 0 Å². The molecule has 2 aromatic carbocycles. The summed E-state index contributed by atoms with van der Waals surface area (Å²) in [5.74, 6) is 2.52. The Morgan fingerprint density at radius 3 is 2.38 bits per heavy atom. The number of benzene rings is 2. The lowest BCUT2D eigenvalue weighted by molar-refractivity contribution is 0.246. The molecule has 1 aromatic heterocycles. The van der Waals surface area contributed by atoms with Gasteiger partial charge in [-0.05, 0) is 31.2 Å². The summed E-state index contributed by atoms with van der Waals surface area (Å²) in [6.07, 6.45) is 0. The Bertz CT molecular complexity index is 812. The minimum atomic E-state index is 0.141. The topological polar surface area (TPSA) is 66.6 Å². The van der Waals surface area contributed by atoms with Gasteiger partial charge in [0, 0.05) is 5.56 Å². The van der Waals surface area contributed by atoms with Gasteiger partial charge >= 0.3 is 0 Å². The molecule has 0 aliphatic carbocycles. The molecule has 0 fully saturated rings. The lowest BCUT2D eigenvalue weighted by Crippen LogP contribution is -1.99. The number of nitrogens with zero attached hydrogens (tertiary/aromatic N) is 2. The van der Waals surface area contributed by atoms with Crippen molar-refractivity contribution in [1.29, 1.82) is 0 Å². The molecule has 1 heterocycles. The predicted molar refractivity (Wildman–Crippen MR) is 88.3 cm³/mol. The van der Waals surface area contributed by atoms with Crippen LogP contribution in [0, 0.1) is 6.92 Å². The molecule has 0 bridgehead atoms. The zero-order valence-electron chi connectivity index (χ0n) is 13.8. The molecule has 0 aliphatic heterocycles. The molecule has 3 aromatic rings. The average Bonchev–Trinajstić information content (AvgIpc) is 3.09. The van der Waals surface area contributed by atoms with E-state index in [-0.39, 0.29) is 6.61 Å². The van der Waals surface area contributed by atoms with Crippen LogP contribution in [0.15, 0.2) is 46.9 Å². The maximum Gasteiger partial charge on any atom is 0.254 e. The summed E-state index contributed by atoms with van der Waals surface area (Å²) in [6.45, 7) is 2.17. The minimum Gasteiger partial charge on any atom is -0.493 e. The highest BCUT2D eigenvalue weighted by atomic mass is 16.5. The Morgan fingerprint density at radius 2 is 1.67 bits per heavy atom. The van der Waals surface area contributed by atoms with Crippen LogP contribution in [0.4, 0.5) is 0 Å². The first-order valence-corrected chi connectivity index (χ1v) is 7.44. The number of aromatic nitrogens is 2. The standard InChI is InChI=1S/C18H18N2O4/c1-12-7-9-13(10-8-12)18-20-19-16(24-18)11-23-15-6-4-5-14(21-2)17(15)22-3/h4-10H,11H2,1-3H3. The number of methoxy groups -OCH3 is 2. The van der Waals surface area contributed by atoms with E-state index in [0.29, 0.717) is 29.0 Å². The van der Waals surface area contributed by atoms with E-state index < -0.39 is 0 Å². The summed E-state index contributed by atoms with van der Waals surface area (Å²) in [4.78, 5) is 0. The van der Waals surface area contributed by atoms with Gasteiger partial charge in [0.1, 0.15) is 0 Å². The third-order valence-corrected chi connectivity index (χ3v) is 3.48. The number of ether oxygens (including phenoxy) is 3. The van der Waals surface area contributed by atoms with E-state index in [1.165, 1.54) is 5.56 Å². The van der Waals surface area contributed by atoms with Crippen molar-refractivity contribution in [3.8, 4) is 28.7 Å². The van der Waals surface area contributed by atoms with Gasteiger partial charge in [0.05, 0.1) is 14.2 Å². The second-order valence-electron chi connectivity index (χ2n) is 5.15. The minimum absolute atomic E-state index is 0.141. The first kappa shape index (κ1) is 15.9. The Labute approximate surface area is 140 Å². The fraction of sp³-hybridized carbons (Fsp3) is 0.222. The van der Waals surface area contributed by atoms with Crippen LogP contribution in [0.5, 0.6) is 17.2 Å². The monoisotopic (exact) mass is 326 g/mol. The zero-order valence-corrected chi connectivity index (χ0v) is 13.8. The van der Waals surface area contributed by atoms with Crippen molar-refractivity contribution in [2.45, 2.75) is 13.5 Å². The number of rotatable bonds is 6. The molecule has 0 atom stereocenters. The normalized spacial score (nSPS) is 10.5. The van der Waals surface area contributed by atoms with Crippen LogP contribution in [0.1, 0.15) is 11.5 Å². The summed E-state index contributed by atoms with van der Waals surface area (Å²) in [6, 6.07) is 13.3. The maximum absolute atomic E-state index is 5.72. The largest absolute Gasteiger partial charge is 0.493 e. The van der Waals surface area contributed by atoms with Crippen molar-refractivity contribution in [3.05, 3.63) is 53.9 Å². The van der Waals surface area contributed by atoms with Gasteiger partial charge in [0.25, 0.3) is 5.89 Å². The molecule has 0 saturated carbocycles. The molecule has 0 spiro atoms. The van der Waals surface area contributed by atoms with Crippen molar-refractivity contribution in [2.75, 3.05) is 14.2 Å². The van der Waals surface area contributed by atoms with Crippen LogP contribution in [-0.2, 0) is 6.61 Å². The van der Waals surface area contributed by atoms with Gasteiger partial charge in [-0.1, -0.05) is 23.8 Å². The zero-order chi connectivity index (χ0) is 16.9. The fourth-order valence-electron chi connectivity index (χ4n) is 2.24. The van der Waals surface area contributed by atoms with Gasteiger partial charge in [0.2, 0.25) is 11.6 Å². The molecular weight excluding hydrogens is 308 g/mol. The van der Waals surface area contributed by atoms with Crippen molar-refractivity contribution in [3.63, 3.8) is 0 Å². The molecule has 0 radical (unpaired) electrons. The molecule has 6 heteroatoms. The van der Waals surface area contributed by atoms with Crippen molar-refractivity contribution < 1.29 is 18.6 Å². The SMILES string of the molecule is COc1cccc(OCc2nnc(-c3ccc(C)cc3)o2)c1OC. The molecule has 0 amide bonds. The highest BCUT2D eigenvalue weighted by molar-refractivity contribution is 5.53. The lowest BCUT2D eigenvalue weighted by Gasteiger charge is -2.12. The van der Waals surface area contributed by atoms with E-state index >= 15 is 0 Å². The highest BCUT2D eigenvalue weighted by Gasteiger charge is 2.13. The third kappa shape index (κ3) is 3.32. The number of hydrogen-bond donors (Lipinski definition) is 0. The van der Waals surface area contributed by atoms with Gasteiger partial charge in [-0.15, -0.1) is 10.2 Å². The van der Waals surface area contributed by atoms with E-state index in [1.54, 1.807) is 26.4 Å². The summed E-state index contributed by atoms with van der Waals surface area (Å²) < 4.78 is 21.9. The van der Waals surface area contributed by atoms with Crippen molar-refractivity contribution in [1.82, 2.24) is 10.2 Å². The molecule has 0 aliphatic rings. The van der Waals surface area contributed by atoms with Gasteiger partial charge in [0.15, 0.2) is 18.1 Å². The van der Waals surface area contributed by atoms with E-state index in [4.69, 9.17) is 18.6 Å². The van der Waals surface area contributed by atoms with E-state index in [1.807, 2.05) is 37.3 Å². The van der Waals surface area contributed by atoms with E-state index in [9.17, 15) is 0 Å². The van der Waals surface area contributed by atoms with Gasteiger partial charge in [-0.2, -0.15) is 0 Å². The van der Waals surface area contributed by atoms with Crippen LogP contribution in [0.25, 0.3) is 11.5 Å². The number of aryl methyl sites for hydroxylation is 1.